The normalized spacial score (nSPS) is 19.8. The van der Waals surface area contributed by atoms with Crippen LogP contribution in [0.25, 0.3) is 0 Å². The van der Waals surface area contributed by atoms with Crippen molar-refractivity contribution in [2.45, 2.75) is 73.4 Å². The van der Waals surface area contributed by atoms with Crippen molar-refractivity contribution in [3.63, 3.8) is 0 Å². The summed E-state index contributed by atoms with van der Waals surface area (Å²) in [6.45, 7) is 11.0. The topological polar surface area (TPSA) is 111 Å². The molecule has 11 heteroatoms. The molecule has 0 amide bonds. The highest BCUT2D eigenvalue weighted by atomic mass is 35.5. The first-order valence-electron chi connectivity index (χ1n) is 13.6. The SMILES string of the molecule is Cc1cc(Nc2nc(C[C@@]3(C(=O)O)CCN(Cc4cccc(Cl)c4F)[C@H](C)C3)c(F)c(C(=O)C(C)(C)C)c2C)n[nH]1. The zero-order valence-electron chi connectivity index (χ0n) is 24.2. The number of carboxylic acids is 1. The maximum atomic E-state index is 16.2. The molecule has 41 heavy (non-hydrogen) atoms. The monoisotopic (exact) mass is 587 g/mol. The fraction of sp³-hybridized carbons (Fsp3) is 0.467. The summed E-state index contributed by atoms with van der Waals surface area (Å²) in [5, 5.41) is 20.5. The van der Waals surface area contributed by atoms with Crippen LogP contribution >= 0.6 is 11.6 Å². The second-order valence-electron chi connectivity index (χ2n) is 12.1. The van der Waals surface area contributed by atoms with E-state index >= 15 is 4.39 Å². The number of hydrogen-bond acceptors (Lipinski definition) is 6. The number of aromatic nitrogens is 3. The second-order valence-corrected chi connectivity index (χ2v) is 12.5. The van der Waals surface area contributed by atoms with E-state index in [0.29, 0.717) is 23.5 Å². The van der Waals surface area contributed by atoms with Crippen molar-refractivity contribution in [1.29, 1.82) is 0 Å². The van der Waals surface area contributed by atoms with E-state index in [-0.39, 0.29) is 53.9 Å². The number of Topliss-reactive ketones (excluding diaryl/α,β-unsaturated/α-hetero) is 1. The molecule has 0 spiro atoms. The van der Waals surface area contributed by atoms with Crippen molar-refractivity contribution in [2.75, 3.05) is 11.9 Å². The van der Waals surface area contributed by atoms with Gasteiger partial charge in [-0.2, -0.15) is 5.10 Å². The summed E-state index contributed by atoms with van der Waals surface area (Å²) < 4.78 is 30.7. The van der Waals surface area contributed by atoms with Gasteiger partial charge in [-0.25, -0.2) is 13.8 Å². The van der Waals surface area contributed by atoms with Crippen molar-refractivity contribution in [3.8, 4) is 0 Å². The van der Waals surface area contributed by atoms with E-state index in [0.717, 1.165) is 5.69 Å². The van der Waals surface area contributed by atoms with E-state index < -0.39 is 34.2 Å². The molecule has 1 aliphatic rings. The van der Waals surface area contributed by atoms with Crippen molar-refractivity contribution in [1.82, 2.24) is 20.1 Å². The van der Waals surface area contributed by atoms with Gasteiger partial charge in [0.1, 0.15) is 11.6 Å². The van der Waals surface area contributed by atoms with Gasteiger partial charge in [0, 0.05) is 47.3 Å². The lowest BCUT2D eigenvalue weighted by molar-refractivity contribution is -0.153. The Labute approximate surface area is 243 Å². The minimum absolute atomic E-state index is 0.0305. The number of H-pyrrole nitrogens is 1. The Morgan fingerprint density at radius 1 is 1.24 bits per heavy atom. The zero-order chi connectivity index (χ0) is 30.3. The fourth-order valence-corrected chi connectivity index (χ4v) is 5.63. The lowest BCUT2D eigenvalue weighted by Gasteiger charge is -2.43. The summed E-state index contributed by atoms with van der Waals surface area (Å²) in [5.74, 6) is -2.10. The van der Waals surface area contributed by atoms with Gasteiger partial charge in [0.25, 0.3) is 0 Å². The number of carbonyl (C=O) groups excluding carboxylic acids is 1. The first kappa shape index (κ1) is 30.6. The van der Waals surface area contributed by atoms with Crippen molar-refractivity contribution in [2.24, 2.45) is 10.8 Å². The molecule has 0 radical (unpaired) electrons. The van der Waals surface area contributed by atoms with Crippen LogP contribution in [0.2, 0.25) is 5.02 Å². The molecule has 1 aliphatic heterocycles. The maximum absolute atomic E-state index is 16.2. The average molecular weight is 588 g/mol. The molecule has 0 aliphatic carbocycles. The van der Waals surface area contributed by atoms with Gasteiger partial charge in [-0.3, -0.25) is 19.6 Å². The molecular weight excluding hydrogens is 552 g/mol. The number of nitrogens with one attached hydrogen (secondary N) is 2. The average Bonchev–Trinajstić information content (AvgIpc) is 3.30. The molecular formula is C30H36ClF2N5O3. The number of nitrogens with zero attached hydrogens (tertiary/aromatic N) is 3. The molecule has 0 bridgehead atoms. The smallest absolute Gasteiger partial charge is 0.310 e. The summed E-state index contributed by atoms with van der Waals surface area (Å²) in [6, 6.07) is 6.30. The molecule has 8 nitrogen and oxygen atoms in total. The number of ketones is 1. The Morgan fingerprint density at radius 2 is 1.95 bits per heavy atom. The van der Waals surface area contributed by atoms with Gasteiger partial charge in [-0.15, -0.1) is 0 Å². The van der Waals surface area contributed by atoms with E-state index in [1.807, 2.05) is 18.7 Å². The minimum atomic E-state index is -1.34. The number of anilines is 2. The molecule has 0 saturated carbocycles. The standard InChI is InChI=1S/C30H36ClF2N5O3/c1-16-12-22(37-36-16)35-27-18(3)23(26(39)29(4,5)6)25(33)21(34-27)14-30(28(40)41)10-11-38(17(2)13-30)15-19-8-7-9-20(31)24(19)32/h7-9,12,17H,10-11,13-15H2,1-6H3,(H,40,41)(H2,34,35,36,37)/t17-,30-/m1/s1. The number of rotatable bonds is 8. The highest BCUT2D eigenvalue weighted by Gasteiger charge is 2.46. The van der Waals surface area contributed by atoms with Crippen LogP contribution in [0.5, 0.6) is 0 Å². The molecule has 220 valence electrons. The molecule has 4 rings (SSSR count). The van der Waals surface area contributed by atoms with Crippen LogP contribution < -0.4 is 5.32 Å². The number of aromatic amines is 1. The predicted molar refractivity (Wildman–Crippen MR) is 154 cm³/mol. The van der Waals surface area contributed by atoms with Crippen molar-refractivity contribution >= 4 is 35.0 Å². The van der Waals surface area contributed by atoms with E-state index in [9.17, 15) is 19.1 Å². The Morgan fingerprint density at radius 3 is 2.54 bits per heavy atom. The summed E-state index contributed by atoms with van der Waals surface area (Å²) in [4.78, 5) is 32.7. The highest BCUT2D eigenvalue weighted by Crippen LogP contribution is 2.41. The molecule has 1 aromatic carbocycles. The Kier molecular flexibility index (Phi) is 8.57. The fourth-order valence-electron chi connectivity index (χ4n) is 5.43. The van der Waals surface area contributed by atoms with Gasteiger partial charge in [0.2, 0.25) is 0 Å². The van der Waals surface area contributed by atoms with Crippen LogP contribution in [0.1, 0.15) is 73.4 Å². The second kappa shape index (κ2) is 11.5. The number of aryl methyl sites for hydroxylation is 1. The zero-order valence-corrected chi connectivity index (χ0v) is 24.9. The van der Waals surface area contributed by atoms with E-state index in [1.54, 1.807) is 45.9 Å². The highest BCUT2D eigenvalue weighted by molar-refractivity contribution is 6.30. The van der Waals surface area contributed by atoms with Crippen molar-refractivity contribution < 1.29 is 23.5 Å². The van der Waals surface area contributed by atoms with Gasteiger partial charge in [0.15, 0.2) is 17.4 Å². The van der Waals surface area contributed by atoms with Crippen LogP contribution in [-0.4, -0.2) is 49.5 Å². The number of carboxylic acid groups (broad SMARTS) is 1. The third-order valence-corrected chi connectivity index (χ3v) is 8.15. The van der Waals surface area contributed by atoms with Crippen LogP contribution in [0.15, 0.2) is 24.3 Å². The quantitative estimate of drug-likeness (QED) is 0.254. The Balaban J connectivity index is 1.70. The first-order chi connectivity index (χ1) is 19.1. The lowest BCUT2D eigenvalue weighted by atomic mass is 9.71. The summed E-state index contributed by atoms with van der Waals surface area (Å²) >= 11 is 5.95. The third kappa shape index (κ3) is 6.28. The number of aliphatic carboxylic acids is 1. The van der Waals surface area contributed by atoms with E-state index in [2.05, 4.69) is 20.5 Å². The van der Waals surface area contributed by atoms with Crippen LogP contribution in [-0.2, 0) is 17.8 Å². The van der Waals surface area contributed by atoms with Crippen LogP contribution in [0, 0.1) is 36.3 Å². The number of hydrogen-bond donors (Lipinski definition) is 3. The Hall–Kier alpha value is -3.37. The first-order valence-corrected chi connectivity index (χ1v) is 13.9. The molecule has 3 heterocycles. The van der Waals surface area contributed by atoms with Crippen LogP contribution in [0.3, 0.4) is 0 Å². The number of carbonyl (C=O) groups is 2. The molecule has 2 aromatic heterocycles. The molecule has 0 unspecified atom stereocenters. The van der Waals surface area contributed by atoms with E-state index in [4.69, 9.17) is 11.6 Å². The lowest BCUT2D eigenvalue weighted by Crippen LogP contribution is -2.50. The third-order valence-electron chi connectivity index (χ3n) is 7.86. The molecule has 3 aromatic rings. The van der Waals surface area contributed by atoms with Crippen LogP contribution in [0.4, 0.5) is 20.4 Å². The van der Waals surface area contributed by atoms with Crippen molar-refractivity contribution in [3.05, 3.63) is 69.0 Å². The maximum Gasteiger partial charge on any atom is 0.310 e. The molecule has 1 saturated heterocycles. The summed E-state index contributed by atoms with van der Waals surface area (Å²) in [7, 11) is 0. The summed E-state index contributed by atoms with van der Waals surface area (Å²) in [6.07, 6.45) is 0.161. The van der Waals surface area contributed by atoms with Gasteiger partial charge in [0.05, 0.1) is 21.7 Å². The number of pyridine rings is 1. The minimum Gasteiger partial charge on any atom is -0.481 e. The van der Waals surface area contributed by atoms with Gasteiger partial charge in [-0.05, 0) is 46.2 Å². The molecule has 1 fully saturated rings. The summed E-state index contributed by atoms with van der Waals surface area (Å²) in [5.41, 5.74) is -0.891. The van der Waals surface area contributed by atoms with E-state index in [1.165, 1.54) is 6.07 Å². The predicted octanol–water partition coefficient (Wildman–Crippen LogP) is 6.62. The number of benzene rings is 1. The largest absolute Gasteiger partial charge is 0.481 e. The Bertz CT molecular complexity index is 1490. The molecule has 3 N–H and O–H groups in total. The van der Waals surface area contributed by atoms with Gasteiger partial charge < -0.3 is 10.4 Å². The number of piperidine rings is 1. The number of halogens is 3. The van der Waals surface area contributed by atoms with Gasteiger partial charge >= 0.3 is 5.97 Å². The number of likely N-dealkylation sites (tertiary alicyclic amines) is 1. The van der Waals surface area contributed by atoms with Gasteiger partial charge in [-0.1, -0.05) is 44.5 Å². The molecule has 2 atom stereocenters.